The number of likely N-dealkylation sites (tertiary alicyclic amines) is 1. The molecule has 1 aliphatic heterocycles. The van der Waals surface area contributed by atoms with Crippen molar-refractivity contribution in [2.24, 2.45) is 0 Å². The van der Waals surface area contributed by atoms with E-state index in [-0.39, 0.29) is 5.56 Å². The monoisotopic (exact) mass is 323 g/mol. The normalized spacial score (nSPS) is 18.5. The zero-order valence-electron chi connectivity index (χ0n) is 13.8. The third kappa shape index (κ3) is 2.97. The Hall–Kier alpha value is -2.47. The molecule has 3 aromatic rings. The number of aromatic amines is 1. The van der Waals surface area contributed by atoms with Gasteiger partial charge in [0.2, 0.25) is 0 Å². The number of nitrogens with zero attached hydrogens (tertiary/aromatic N) is 4. The number of aromatic nitrogens is 4. The van der Waals surface area contributed by atoms with E-state index in [2.05, 4.69) is 33.1 Å². The minimum atomic E-state index is -0.0611. The maximum absolute atomic E-state index is 12.2. The summed E-state index contributed by atoms with van der Waals surface area (Å²) in [7, 11) is 0. The quantitative estimate of drug-likeness (QED) is 0.798. The van der Waals surface area contributed by atoms with Gasteiger partial charge in [0.15, 0.2) is 0 Å². The fourth-order valence-corrected chi connectivity index (χ4v) is 3.49. The number of benzene rings is 1. The van der Waals surface area contributed by atoms with Crippen molar-refractivity contribution in [1.29, 1.82) is 0 Å². The molecule has 0 radical (unpaired) electrons. The van der Waals surface area contributed by atoms with Crippen molar-refractivity contribution in [1.82, 2.24) is 24.6 Å². The van der Waals surface area contributed by atoms with Crippen LogP contribution in [0.15, 0.2) is 41.5 Å². The molecule has 4 rings (SSSR count). The molecule has 124 valence electrons. The fraction of sp³-hybridized carbons (Fsp3) is 0.389. The fourth-order valence-electron chi connectivity index (χ4n) is 3.49. The average Bonchev–Trinajstić information content (AvgIpc) is 3.17. The van der Waals surface area contributed by atoms with Crippen LogP contribution in [-0.4, -0.2) is 37.2 Å². The molecule has 6 heteroatoms. The summed E-state index contributed by atoms with van der Waals surface area (Å²) in [6.45, 7) is 4.64. The Morgan fingerprint density at radius 1 is 1.33 bits per heavy atom. The molecule has 1 aliphatic rings. The smallest absolute Gasteiger partial charge is 0.258 e. The van der Waals surface area contributed by atoms with Crippen molar-refractivity contribution in [2.75, 3.05) is 6.54 Å². The van der Waals surface area contributed by atoms with E-state index in [1.807, 2.05) is 35.1 Å². The Morgan fingerprint density at radius 3 is 3.04 bits per heavy atom. The predicted molar refractivity (Wildman–Crippen MR) is 92.8 cm³/mol. The largest absolute Gasteiger partial charge is 0.309 e. The zero-order valence-corrected chi connectivity index (χ0v) is 13.8. The van der Waals surface area contributed by atoms with E-state index >= 15 is 0 Å². The number of hydrogen-bond donors (Lipinski definition) is 1. The van der Waals surface area contributed by atoms with Gasteiger partial charge >= 0.3 is 0 Å². The second-order valence-electron chi connectivity index (χ2n) is 6.54. The van der Waals surface area contributed by atoms with E-state index in [1.165, 1.54) is 12.0 Å². The summed E-state index contributed by atoms with van der Waals surface area (Å²) in [5.41, 5.74) is 1.88. The van der Waals surface area contributed by atoms with E-state index < -0.39 is 0 Å². The molecule has 2 aromatic heterocycles. The Kier molecular flexibility index (Phi) is 3.90. The van der Waals surface area contributed by atoms with Crippen molar-refractivity contribution >= 4 is 10.9 Å². The number of H-pyrrole nitrogens is 1. The highest BCUT2D eigenvalue weighted by atomic mass is 16.1. The van der Waals surface area contributed by atoms with E-state index in [4.69, 9.17) is 0 Å². The Bertz CT molecular complexity index is 913. The number of nitrogens with one attached hydrogen (secondary N) is 1. The molecule has 0 bridgehead atoms. The molecule has 1 atom stereocenters. The van der Waals surface area contributed by atoms with Crippen LogP contribution in [0.3, 0.4) is 0 Å². The second-order valence-corrected chi connectivity index (χ2v) is 6.54. The number of fused-ring (bicyclic) bond motifs is 1. The molecule has 0 unspecified atom stereocenters. The third-order valence-electron chi connectivity index (χ3n) is 4.67. The first-order valence-corrected chi connectivity index (χ1v) is 8.40. The molecule has 1 fully saturated rings. The summed E-state index contributed by atoms with van der Waals surface area (Å²) in [5, 5.41) is 5.04. The van der Waals surface area contributed by atoms with Crippen LogP contribution in [0.4, 0.5) is 0 Å². The number of para-hydroxylation sites is 1. The summed E-state index contributed by atoms with van der Waals surface area (Å²) in [5.74, 6) is 0.738. The third-order valence-corrected chi connectivity index (χ3v) is 4.67. The number of aryl methyl sites for hydroxylation is 1. The van der Waals surface area contributed by atoms with Crippen LogP contribution in [0.1, 0.15) is 24.2 Å². The average molecular weight is 323 g/mol. The summed E-state index contributed by atoms with van der Waals surface area (Å²) < 4.78 is 2.01. The van der Waals surface area contributed by atoms with Gasteiger partial charge in [0.1, 0.15) is 5.82 Å². The van der Waals surface area contributed by atoms with Crippen molar-refractivity contribution in [3.05, 3.63) is 58.4 Å². The zero-order chi connectivity index (χ0) is 16.5. The van der Waals surface area contributed by atoms with Gasteiger partial charge in [0.05, 0.1) is 30.2 Å². The van der Waals surface area contributed by atoms with Crippen molar-refractivity contribution < 1.29 is 0 Å². The van der Waals surface area contributed by atoms with Crippen molar-refractivity contribution in [2.45, 2.75) is 38.9 Å². The number of hydrogen-bond acceptors (Lipinski definition) is 4. The summed E-state index contributed by atoms with van der Waals surface area (Å²) in [6.07, 6.45) is 6.29. The lowest BCUT2D eigenvalue weighted by atomic mass is 10.2. The first-order chi connectivity index (χ1) is 11.7. The van der Waals surface area contributed by atoms with Crippen molar-refractivity contribution in [3.8, 4) is 0 Å². The Morgan fingerprint density at radius 2 is 2.21 bits per heavy atom. The van der Waals surface area contributed by atoms with Gasteiger partial charge in [-0.25, -0.2) is 4.98 Å². The Balaban J connectivity index is 1.54. The van der Waals surface area contributed by atoms with Gasteiger partial charge in [-0.05, 0) is 44.0 Å². The topological polar surface area (TPSA) is 66.8 Å². The van der Waals surface area contributed by atoms with Gasteiger partial charge < -0.3 is 4.98 Å². The van der Waals surface area contributed by atoms with Crippen LogP contribution in [0.2, 0.25) is 0 Å². The van der Waals surface area contributed by atoms with Gasteiger partial charge in [-0.1, -0.05) is 12.1 Å². The molecule has 1 saturated heterocycles. The Labute approximate surface area is 140 Å². The molecule has 0 amide bonds. The second kappa shape index (κ2) is 6.20. The maximum Gasteiger partial charge on any atom is 0.258 e. The molecule has 3 heterocycles. The van der Waals surface area contributed by atoms with Gasteiger partial charge in [0.25, 0.3) is 5.56 Å². The van der Waals surface area contributed by atoms with Crippen LogP contribution in [0.5, 0.6) is 0 Å². The first kappa shape index (κ1) is 15.1. The van der Waals surface area contributed by atoms with Crippen LogP contribution >= 0.6 is 0 Å². The summed E-state index contributed by atoms with van der Waals surface area (Å²) in [4.78, 5) is 22.2. The predicted octanol–water partition coefficient (Wildman–Crippen LogP) is 2.09. The standard InChI is InChI=1S/C18H21N5O/c1-13-9-19-23(10-13)11-14-5-4-8-22(14)12-17-20-16-7-3-2-6-15(16)18(24)21-17/h2-3,6-7,9-10,14H,4-5,8,11-12H2,1H3,(H,20,21,24)/t14-/m0/s1. The van der Waals surface area contributed by atoms with Crippen LogP contribution in [0.25, 0.3) is 10.9 Å². The lowest BCUT2D eigenvalue weighted by Crippen LogP contribution is -2.33. The van der Waals surface area contributed by atoms with Crippen LogP contribution < -0.4 is 5.56 Å². The molecular formula is C18H21N5O. The molecule has 0 spiro atoms. The summed E-state index contributed by atoms with van der Waals surface area (Å²) >= 11 is 0. The van der Waals surface area contributed by atoms with E-state index in [9.17, 15) is 4.79 Å². The SMILES string of the molecule is Cc1cnn(C[C@@H]2CCCN2Cc2nc3ccccc3c(=O)[nH]2)c1. The molecule has 0 aliphatic carbocycles. The maximum atomic E-state index is 12.2. The van der Waals surface area contributed by atoms with Crippen LogP contribution in [-0.2, 0) is 13.1 Å². The summed E-state index contributed by atoms with van der Waals surface area (Å²) in [6, 6.07) is 7.91. The molecular weight excluding hydrogens is 302 g/mol. The van der Waals surface area contributed by atoms with Gasteiger partial charge in [0, 0.05) is 12.2 Å². The minimum absolute atomic E-state index is 0.0611. The molecule has 1 aromatic carbocycles. The van der Waals surface area contributed by atoms with Crippen LogP contribution in [0, 0.1) is 6.92 Å². The lowest BCUT2D eigenvalue weighted by Gasteiger charge is -2.23. The molecule has 24 heavy (non-hydrogen) atoms. The molecule has 6 nitrogen and oxygen atoms in total. The highest BCUT2D eigenvalue weighted by molar-refractivity contribution is 5.77. The van der Waals surface area contributed by atoms with Crippen molar-refractivity contribution in [3.63, 3.8) is 0 Å². The van der Waals surface area contributed by atoms with E-state index in [0.29, 0.717) is 18.0 Å². The highest BCUT2D eigenvalue weighted by Gasteiger charge is 2.25. The van der Waals surface area contributed by atoms with Gasteiger partial charge in [-0.15, -0.1) is 0 Å². The van der Waals surface area contributed by atoms with E-state index in [0.717, 1.165) is 30.9 Å². The van der Waals surface area contributed by atoms with Gasteiger partial charge in [-0.3, -0.25) is 14.4 Å². The van der Waals surface area contributed by atoms with Gasteiger partial charge in [-0.2, -0.15) is 5.10 Å². The minimum Gasteiger partial charge on any atom is -0.309 e. The van der Waals surface area contributed by atoms with E-state index in [1.54, 1.807) is 0 Å². The lowest BCUT2D eigenvalue weighted by molar-refractivity contribution is 0.214. The molecule has 0 saturated carbocycles. The first-order valence-electron chi connectivity index (χ1n) is 8.40. The number of rotatable bonds is 4. The molecule has 1 N–H and O–H groups in total. The highest BCUT2D eigenvalue weighted by Crippen LogP contribution is 2.20.